The largest absolute Gasteiger partial charge is 0.461 e. The first-order valence-corrected chi connectivity index (χ1v) is 8.85. The first-order valence-electron chi connectivity index (χ1n) is 8.03. The van der Waals surface area contributed by atoms with E-state index in [9.17, 15) is 9.90 Å². The van der Waals surface area contributed by atoms with Crippen LogP contribution in [0.5, 0.6) is 0 Å². The molecule has 3 heterocycles. The molecule has 1 aromatic carbocycles. The SMILES string of the molecule is C[C@@](O)(CNC(=O)c1cc(-c2ccco2)on1)c1cc2ccccc2s1. The van der Waals surface area contributed by atoms with Gasteiger partial charge in [-0.2, -0.15) is 0 Å². The van der Waals surface area contributed by atoms with Crippen LogP contribution < -0.4 is 5.32 Å². The standard InChI is InChI=1S/C19H16N2O4S/c1-19(23,17-9-12-5-2-3-7-16(12)26-17)11-20-18(22)13-10-15(25-21-13)14-6-4-8-24-14/h2-10,23H,11H2,1H3,(H,20,22)/t19-/m1/s1. The molecule has 132 valence electrons. The van der Waals surface area contributed by atoms with Crippen molar-refractivity contribution in [3.8, 4) is 11.5 Å². The molecule has 0 aliphatic carbocycles. The number of aromatic nitrogens is 1. The number of nitrogens with one attached hydrogen (secondary N) is 1. The van der Waals surface area contributed by atoms with E-state index in [1.807, 2.05) is 30.3 Å². The maximum absolute atomic E-state index is 12.3. The van der Waals surface area contributed by atoms with Crippen molar-refractivity contribution in [2.75, 3.05) is 6.54 Å². The molecule has 1 atom stereocenters. The van der Waals surface area contributed by atoms with Crippen LogP contribution in [0.3, 0.4) is 0 Å². The average molecular weight is 368 g/mol. The van der Waals surface area contributed by atoms with E-state index in [1.165, 1.54) is 23.7 Å². The zero-order chi connectivity index (χ0) is 18.1. The van der Waals surface area contributed by atoms with Gasteiger partial charge in [0, 0.05) is 15.6 Å². The van der Waals surface area contributed by atoms with Gasteiger partial charge in [0.25, 0.3) is 5.91 Å². The van der Waals surface area contributed by atoms with Gasteiger partial charge in [0.1, 0.15) is 5.60 Å². The summed E-state index contributed by atoms with van der Waals surface area (Å²) in [5.74, 6) is 0.443. The summed E-state index contributed by atoms with van der Waals surface area (Å²) in [6.07, 6.45) is 1.51. The van der Waals surface area contributed by atoms with Crippen molar-refractivity contribution in [3.63, 3.8) is 0 Å². The molecule has 0 aliphatic heterocycles. The van der Waals surface area contributed by atoms with Crippen LogP contribution in [0.25, 0.3) is 21.6 Å². The summed E-state index contributed by atoms with van der Waals surface area (Å²) in [7, 11) is 0. The molecule has 0 saturated heterocycles. The fourth-order valence-corrected chi connectivity index (χ4v) is 3.70. The van der Waals surface area contributed by atoms with Gasteiger partial charge in [0.2, 0.25) is 5.76 Å². The molecule has 1 amide bonds. The van der Waals surface area contributed by atoms with Crippen molar-refractivity contribution in [1.29, 1.82) is 0 Å². The minimum absolute atomic E-state index is 0.0571. The highest BCUT2D eigenvalue weighted by Gasteiger charge is 2.27. The molecule has 0 saturated carbocycles. The third kappa shape index (κ3) is 3.14. The molecule has 4 rings (SSSR count). The first-order chi connectivity index (χ1) is 12.5. The van der Waals surface area contributed by atoms with E-state index in [1.54, 1.807) is 19.1 Å². The highest BCUT2D eigenvalue weighted by Crippen LogP contribution is 2.32. The van der Waals surface area contributed by atoms with Gasteiger partial charge < -0.3 is 19.4 Å². The van der Waals surface area contributed by atoms with Gasteiger partial charge in [0.15, 0.2) is 11.5 Å². The predicted octanol–water partition coefficient (Wildman–Crippen LogP) is 3.79. The molecule has 26 heavy (non-hydrogen) atoms. The number of nitrogens with zero attached hydrogens (tertiary/aromatic N) is 1. The number of carbonyl (C=O) groups is 1. The number of furan rings is 1. The Balaban J connectivity index is 1.46. The highest BCUT2D eigenvalue weighted by molar-refractivity contribution is 7.19. The second kappa shape index (κ2) is 6.44. The van der Waals surface area contributed by atoms with Gasteiger partial charge in [-0.1, -0.05) is 23.4 Å². The Kier molecular flexibility index (Phi) is 4.10. The summed E-state index contributed by atoms with van der Waals surface area (Å²) in [6.45, 7) is 1.73. The van der Waals surface area contributed by atoms with Gasteiger partial charge in [-0.25, -0.2) is 0 Å². The summed E-state index contributed by atoms with van der Waals surface area (Å²) in [5.41, 5.74) is -1.06. The molecule has 0 aliphatic rings. The van der Waals surface area contributed by atoms with Crippen molar-refractivity contribution >= 4 is 27.3 Å². The second-order valence-corrected chi connectivity index (χ2v) is 7.24. The zero-order valence-electron chi connectivity index (χ0n) is 13.9. The molecule has 2 N–H and O–H groups in total. The van der Waals surface area contributed by atoms with Crippen LogP contribution in [0, 0.1) is 0 Å². The molecule has 6 nitrogen and oxygen atoms in total. The Bertz CT molecular complexity index is 1010. The Hall–Kier alpha value is -2.90. The van der Waals surface area contributed by atoms with Crippen LogP contribution in [-0.4, -0.2) is 22.7 Å². The van der Waals surface area contributed by atoms with E-state index in [0.29, 0.717) is 11.5 Å². The lowest BCUT2D eigenvalue weighted by Gasteiger charge is -2.21. The smallest absolute Gasteiger partial charge is 0.273 e. The normalized spacial score (nSPS) is 13.6. The number of carbonyl (C=O) groups excluding carboxylic acids is 1. The molecular formula is C19H16N2O4S. The third-order valence-electron chi connectivity index (χ3n) is 4.06. The number of amides is 1. The predicted molar refractivity (Wildman–Crippen MR) is 97.9 cm³/mol. The number of fused-ring (bicyclic) bond motifs is 1. The molecule has 0 fully saturated rings. The van der Waals surface area contributed by atoms with Crippen LogP contribution in [0.1, 0.15) is 22.3 Å². The maximum Gasteiger partial charge on any atom is 0.273 e. The quantitative estimate of drug-likeness (QED) is 0.559. The lowest BCUT2D eigenvalue weighted by atomic mass is 10.0. The highest BCUT2D eigenvalue weighted by atomic mass is 32.1. The van der Waals surface area contributed by atoms with Crippen LogP contribution >= 0.6 is 11.3 Å². The summed E-state index contributed by atoms with van der Waals surface area (Å²) >= 11 is 1.51. The number of thiophene rings is 1. The summed E-state index contributed by atoms with van der Waals surface area (Å²) in [6, 6.07) is 14.8. The Morgan fingerprint density at radius 2 is 2.08 bits per heavy atom. The van der Waals surface area contributed by atoms with Crippen LogP contribution in [0.4, 0.5) is 0 Å². The van der Waals surface area contributed by atoms with E-state index < -0.39 is 11.5 Å². The summed E-state index contributed by atoms with van der Waals surface area (Å²) < 4.78 is 11.4. The third-order valence-corrected chi connectivity index (χ3v) is 5.43. The lowest BCUT2D eigenvalue weighted by molar-refractivity contribution is 0.0554. The average Bonchev–Trinajstić information content (AvgIpc) is 3.39. The van der Waals surface area contributed by atoms with Gasteiger partial charge in [-0.15, -0.1) is 11.3 Å². The van der Waals surface area contributed by atoms with Crippen molar-refractivity contribution in [2.24, 2.45) is 0 Å². The van der Waals surface area contributed by atoms with E-state index in [-0.39, 0.29) is 12.2 Å². The Morgan fingerprint density at radius 3 is 2.85 bits per heavy atom. The molecule has 7 heteroatoms. The summed E-state index contributed by atoms with van der Waals surface area (Å²) in [5, 5.41) is 18.3. The van der Waals surface area contributed by atoms with Gasteiger partial charge >= 0.3 is 0 Å². The second-order valence-electron chi connectivity index (χ2n) is 6.16. The number of aliphatic hydroxyl groups is 1. The van der Waals surface area contributed by atoms with Crippen LogP contribution in [0.15, 0.2) is 63.7 Å². The summed E-state index contributed by atoms with van der Waals surface area (Å²) in [4.78, 5) is 13.1. The van der Waals surface area contributed by atoms with Gasteiger partial charge in [-0.05, 0) is 36.6 Å². The minimum atomic E-state index is -1.19. The molecule has 0 bridgehead atoms. The van der Waals surface area contributed by atoms with Crippen molar-refractivity contribution < 1.29 is 18.8 Å². The molecular weight excluding hydrogens is 352 g/mol. The fraction of sp³-hybridized carbons (Fsp3) is 0.158. The minimum Gasteiger partial charge on any atom is -0.461 e. The van der Waals surface area contributed by atoms with Gasteiger partial charge in [0.05, 0.1) is 12.8 Å². The molecule has 3 aromatic heterocycles. The zero-order valence-corrected chi connectivity index (χ0v) is 14.7. The van der Waals surface area contributed by atoms with Crippen LogP contribution in [-0.2, 0) is 5.60 Å². The number of hydrogen-bond donors (Lipinski definition) is 2. The molecule has 0 radical (unpaired) electrons. The first kappa shape index (κ1) is 16.6. The molecule has 4 aromatic rings. The van der Waals surface area contributed by atoms with Gasteiger partial charge in [-0.3, -0.25) is 4.79 Å². The van der Waals surface area contributed by atoms with E-state index >= 15 is 0 Å². The van der Waals surface area contributed by atoms with Crippen molar-refractivity contribution in [1.82, 2.24) is 10.5 Å². The number of rotatable bonds is 5. The lowest BCUT2D eigenvalue weighted by Crippen LogP contribution is -2.38. The van der Waals surface area contributed by atoms with E-state index in [4.69, 9.17) is 8.94 Å². The Labute approximate surface area is 153 Å². The monoisotopic (exact) mass is 368 g/mol. The van der Waals surface area contributed by atoms with E-state index in [0.717, 1.165) is 15.0 Å². The fourth-order valence-electron chi connectivity index (χ4n) is 2.59. The number of hydrogen-bond acceptors (Lipinski definition) is 6. The Morgan fingerprint density at radius 1 is 1.23 bits per heavy atom. The van der Waals surface area contributed by atoms with Crippen LogP contribution in [0.2, 0.25) is 0 Å². The number of benzene rings is 1. The van der Waals surface area contributed by atoms with E-state index in [2.05, 4.69) is 10.5 Å². The van der Waals surface area contributed by atoms with Crippen molar-refractivity contribution in [3.05, 3.63) is 65.4 Å². The topological polar surface area (TPSA) is 88.5 Å². The van der Waals surface area contributed by atoms with Crippen molar-refractivity contribution in [2.45, 2.75) is 12.5 Å². The maximum atomic E-state index is 12.3. The molecule has 0 unspecified atom stereocenters. The molecule has 0 spiro atoms.